The van der Waals surface area contributed by atoms with Crippen molar-refractivity contribution in [1.29, 1.82) is 0 Å². The highest BCUT2D eigenvalue weighted by molar-refractivity contribution is 5.84. The number of oxime groups is 1. The molecule has 2 nitrogen and oxygen atoms in total. The summed E-state index contributed by atoms with van der Waals surface area (Å²) in [5, 5.41) is 11.9. The average Bonchev–Trinajstić information content (AvgIpc) is 1.84. The summed E-state index contributed by atoms with van der Waals surface area (Å²) in [6.45, 7) is 8.53. The van der Waals surface area contributed by atoms with Crippen LogP contribution in [0.2, 0.25) is 0 Å². The molecule has 0 radical (unpaired) electrons. The van der Waals surface area contributed by atoms with E-state index in [1.165, 1.54) is 0 Å². The Morgan fingerprint density at radius 2 is 1.91 bits per heavy atom. The van der Waals surface area contributed by atoms with Crippen LogP contribution in [0.5, 0.6) is 0 Å². The maximum absolute atomic E-state index is 8.61. The van der Waals surface area contributed by atoms with Crippen LogP contribution in [0.1, 0.15) is 47.0 Å². The monoisotopic (exact) mass is 157 g/mol. The molecule has 0 aromatic rings. The van der Waals surface area contributed by atoms with Gasteiger partial charge in [-0.2, -0.15) is 0 Å². The molecule has 0 rings (SSSR count). The second-order valence-electron chi connectivity index (χ2n) is 4.15. The number of hydrogen-bond donors (Lipinski definition) is 1. The Kier molecular flexibility index (Phi) is 4.16. The third-order valence-electron chi connectivity index (χ3n) is 1.41. The maximum Gasteiger partial charge on any atom is 0.0575 e. The first-order chi connectivity index (χ1) is 4.99. The van der Waals surface area contributed by atoms with Crippen LogP contribution in [0, 0.1) is 5.41 Å². The molecular weight excluding hydrogens is 138 g/mol. The zero-order chi connectivity index (χ0) is 8.91. The van der Waals surface area contributed by atoms with Crippen LogP contribution in [0.3, 0.4) is 0 Å². The van der Waals surface area contributed by atoms with Crippen molar-refractivity contribution in [3.63, 3.8) is 0 Å². The van der Waals surface area contributed by atoms with Crippen molar-refractivity contribution >= 4 is 5.71 Å². The highest BCUT2D eigenvalue weighted by Crippen LogP contribution is 2.20. The van der Waals surface area contributed by atoms with Gasteiger partial charge >= 0.3 is 0 Å². The summed E-state index contributed by atoms with van der Waals surface area (Å²) in [5.41, 5.74) is 1.15. The van der Waals surface area contributed by atoms with Gasteiger partial charge in [0.15, 0.2) is 0 Å². The Balaban J connectivity index is 3.90. The van der Waals surface area contributed by atoms with Gasteiger partial charge < -0.3 is 5.21 Å². The lowest BCUT2D eigenvalue weighted by Crippen LogP contribution is -2.12. The lowest BCUT2D eigenvalue weighted by atomic mass is 9.88. The third-order valence-corrected chi connectivity index (χ3v) is 1.41. The topological polar surface area (TPSA) is 32.6 Å². The van der Waals surface area contributed by atoms with Gasteiger partial charge in [-0.05, 0) is 18.3 Å². The van der Waals surface area contributed by atoms with Gasteiger partial charge in [-0.25, -0.2) is 0 Å². The molecule has 0 aliphatic carbocycles. The lowest BCUT2D eigenvalue weighted by Gasteiger charge is -2.17. The second kappa shape index (κ2) is 4.37. The van der Waals surface area contributed by atoms with Gasteiger partial charge in [0.05, 0.1) is 5.71 Å². The second-order valence-corrected chi connectivity index (χ2v) is 4.15. The number of rotatable bonds is 3. The largest absolute Gasteiger partial charge is 0.411 e. The fourth-order valence-corrected chi connectivity index (χ4v) is 1.07. The van der Waals surface area contributed by atoms with E-state index in [0.717, 1.165) is 25.0 Å². The Bertz CT molecular complexity index is 133. The number of nitrogens with zero attached hydrogens (tertiary/aromatic N) is 1. The molecule has 0 spiro atoms. The van der Waals surface area contributed by atoms with E-state index in [0.29, 0.717) is 0 Å². The summed E-state index contributed by atoms with van der Waals surface area (Å²) in [6, 6.07) is 0. The lowest BCUT2D eigenvalue weighted by molar-refractivity contribution is 0.310. The Hall–Kier alpha value is -0.530. The Labute approximate surface area is 69.3 Å². The van der Waals surface area contributed by atoms with E-state index in [-0.39, 0.29) is 5.41 Å². The van der Waals surface area contributed by atoms with Gasteiger partial charge in [0.25, 0.3) is 0 Å². The first-order valence-corrected chi connectivity index (χ1v) is 4.19. The summed E-state index contributed by atoms with van der Waals surface area (Å²) in [6.07, 6.45) is 2.85. The highest BCUT2D eigenvalue weighted by atomic mass is 16.4. The fraction of sp³-hybridized carbons (Fsp3) is 0.889. The van der Waals surface area contributed by atoms with Gasteiger partial charge in [-0.1, -0.05) is 39.3 Å². The van der Waals surface area contributed by atoms with Crippen LogP contribution >= 0.6 is 0 Å². The third kappa shape index (κ3) is 5.89. The summed E-state index contributed by atoms with van der Waals surface area (Å²) >= 11 is 0. The Morgan fingerprint density at radius 1 is 1.36 bits per heavy atom. The van der Waals surface area contributed by atoms with Crippen molar-refractivity contribution in [2.24, 2.45) is 10.6 Å². The molecule has 0 aliphatic rings. The van der Waals surface area contributed by atoms with Crippen molar-refractivity contribution < 1.29 is 5.21 Å². The smallest absolute Gasteiger partial charge is 0.0575 e. The first kappa shape index (κ1) is 10.5. The maximum atomic E-state index is 8.61. The molecule has 11 heavy (non-hydrogen) atoms. The van der Waals surface area contributed by atoms with E-state index in [4.69, 9.17) is 5.21 Å². The molecule has 0 bridgehead atoms. The molecule has 0 unspecified atom stereocenters. The molecule has 0 aliphatic heterocycles. The van der Waals surface area contributed by atoms with E-state index in [1.54, 1.807) is 0 Å². The predicted molar refractivity (Wildman–Crippen MR) is 48.2 cm³/mol. The van der Waals surface area contributed by atoms with Crippen LogP contribution in [-0.2, 0) is 0 Å². The van der Waals surface area contributed by atoms with E-state index in [9.17, 15) is 0 Å². The molecule has 0 saturated heterocycles. The SMILES string of the molecule is CCC/C(CC(C)(C)C)=N\O. The summed E-state index contributed by atoms with van der Waals surface area (Å²) in [4.78, 5) is 0. The molecule has 0 atom stereocenters. The minimum Gasteiger partial charge on any atom is -0.411 e. The van der Waals surface area contributed by atoms with Crippen LogP contribution in [0.25, 0.3) is 0 Å². The minimum atomic E-state index is 0.233. The van der Waals surface area contributed by atoms with E-state index < -0.39 is 0 Å². The normalized spacial score (nSPS) is 13.6. The zero-order valence-electron chi connectivity index (χ0n) is 8.02. The van der Waals surface area contributed by atoms with Gasteiger partial charge in [0.2, 0.25) is 0 Å². The van der Waals surface area contributed by atoms with Crippen LogP contribution in [0.15, 0.2) is 5.16 Å². The van der Waals surface area contributed by atoms with Crippen LogP contribution < -0.4 is 0 Å². The van der Waals surface area contributed by atoms with E-state index in [1.807, 2.05) is 0 Å². The minimum absolute atomic E-state index is 0.233. The zero-order valence-corrected chi connectivity index (χ0v) is 8.02. The molecule has 0 heterocycles. The number of hydrogen-bond acceptors (Lipinski definition) is 2. The quantitative estimate of drug-likeness (QED) is 0.381. The van der Waals surface area contributed by atoms with E-state index in [2.05, 4.69) is 32.9 Å². The first-order valence-electron chi connectivity index (χ1n) is 4.19. The standard InChI is InChI=1S/C9H19NO/c1-5-6-8(10-11)7-9(2,3)4/h11H,5-7H2,1-4H3/b10-8+. The Morgan fingerprint density at radius 3 is 2.18 bits per heavy atom. The molecule has 0 aromatic carbocycles. The predicted octanol–water partition coefficient (Wildman–Crippen LogP) is 3.05. The molecule has 2 heteroatoms. The van der Waals surface area contributed by atoms with Crippen molar-refractivity contribution in [2.75, 3.05) is 0 Å². The average molecular weight is 157 g/mol. The van der Waals surface area contributed by atoms with Crippen molar-refractivity contribution in [3.05, 3.63) is 0 Å². The van der Waals surface area contributed by atoms with Crippen LogP contribution in [-0.4, -0.2) is 10.9 Å². The van der Waals surface area contributed by atoms with Crippen LogP contribution in [0.4, 0.5) is 0 Å². The summed E-state index contributed by atoms with van der Waals surface area (Å²) < 4.78 is 0. The van der Waals surface area contributed by atoms with Gasteiger partial charge in [0, 0.05) is 0 Å². The summed E-state index contributed by atoms with van der Waals surface area (Å²) in [5.74, 6) is 0. The molecular formula is C9H19NO. The molecule has 66 valence electrons. The van der Waals surface area contributed by atoms with Gasteiger partial charge in [-0.15, -0.1) is 0 Å². The molecule has 1 N–H and O–H groups in total. The van der Waals surface area contributed by atoms with E-state index >= 15 is 0 Å². The van der Waals surface area contributed by atoms with Crippen molar-refractivity contribution in [3.8, 4) is 0 Å². The van der Waals surface area contributed by atoms with Gasteiger partial charge in [0.1, 0.15) is 0 Å². The summed E-state index contributed by atoms with van der Waals surface area (Å²) in [7, 11) is 0. The molecule has 0 saturated carbocycles. The molecule has 0 aromatic heterocycles. The van der Waals surface area contributed by atoms with Crippen molar-refractivity contribution in [1.82, 2.24) is 0 Å². The fourth-order valence-electron chi connectivity index (χ4n) is 1.07. The highest BCUT2D eigenvalue weighted by Gasteiger charge is 2.13. The molecule has 0 amide bonds. The molecule has 0 fully saturated rings. The van der Waals surface area contributed by atoms with Gasteiger partial charge in [-0.3, -0.25) is 0 Å². The van der Waals surface area contributed by atoms with Crippen molar-refractivity contribution in [2.45, 2.75) is 47.0 Å².